The van der Waals surface area contributed by atoms with E-state index in [4.69, 9.17) is 14.5 Å². The number of amides is 1. The molecule has 242 valence electrons. The number of hydrogen-bond donors (Lipinski definition) is 3. The molecule has 0 radical (unpaired) electrons. The molecule has 0 saturated heterocycles. The van der Waals surface area contributed by atoms with Gasteiger partial charge in [0.2, 0.25) is 5.91 Å². The molecule has 0 aliphatic carbocycles. The van der Waals surface area contributed by atoms with Gasteiger partial charge in [0.25, 0.3) is 5.56 Å². The zero-order chi connectivity index (χ0) is 33.0. The first-order valence-corrected chi connectivity index (χ1v) is 15.5. The van der Waals surface area contributed by atoms with Crippen LogP contribution in [0.25, 0.3) is 22.3 Å². The number of aliphatic hydroxyl groups excluding tert-OH is 1. The molecule has 1 unspecified atom stereocenters. The molecule has 1 amide bonds. The number of aromatic amines is 1. The summed E-state index contributed by atoms with van der Waals surface area (Å²) in [6.45, 7) is 6.70. The van der Waals surface area contributed by atoms with Crippen LogP contribution in [0.4, 0.5) is 10.2 Å². The van der Waals surface area contributed by atoms with Gasteiger partial charge in [-0.2, -0.15) is 4.98 Å². The molecule has 2 aliphatic rings. The van der Waals surface area contributed by atoms with Gasteiger partial charge in [-0.15, -0.1) is 0 Å². The third-order valence-electron chi connectivity index (χ3n) is 8.00. The second kappa shape index (κ2) is 14.0. The monoisotopic (exact) mass is 633 g/mol. The Bertz CT molecular complexity index is 1920. The van der Waals surface area contributed by atoms with Crippen LogP contribution in [-0.4, -0.2) is 43.1 Å². The maximum absolute atomic E-state index is 13.6. The van der Waals surface area contributed by atoms with Gasteiger partial charge in [-0.05, 0) is 49.1 Å². The third-order valence-corrected chi connectivity index (χ3v) is 8.00. The number of rotatable bonds is 10. The van der Waals surface area contributed by atoms with Gasteiger partial charge in [-0.25, -0.2) is 19.0 Å². The van der Waals surface area contributed by atoms with E-state index in [-0.39, 0.29) is 41.4 Å². The highest BCUT2D eigenvalue weighted by molar-refractivity contribution is 5.90. The summed E-state index contributed by atoms with van der Waals surface area (Å²) in [4.78, 5) is 58.7. The number of nitrogens with one attached hydrogen (secondary N) is 2. The fourth-order valence-corrected chi connectivity index (χ4v) is 5.78. The second-order valence-electron chi connectivity index (χ2n) is 10.8. The van der Waals surface area contributed by atoms with Crippen LogP contribution in [0.2, 0.25) is 0 Å². The summed E-state index contributed by atoms with van der Waals surface area (Å²) in [5.41, 5.74) is 3.50. The Morgan fingerprint density at radius 2 is 1.93 bits per heavy atom. The van der Waals surface area contributed by atoms with Crippen molar-refractivity contribution in [1.82, 2.24) is 19.5 Å². The van der Waals surface area contributed by atoms with Crippen molar-refractivity contribution in [3.63, 3.8) is 0 Å². The molecule has 0 spiro atoms. The van der Waals surface area contributed by atoms with Gasteiger partial charge >= 0.3 is 11.7 Å². The first-order valence-electron chi connectivity index (χ1n) is 15.5. The molecule has 0 fully saturated rings. The minimum Gasteiger partial charge on any atom is -0.494 e. The van der Waals surface area contributed by atoms with Crippen molar-refractivity contribution in [2.45, 2.75) is 78.6 Å². The minimum absolute atomic E-state index is 0.163. The van der Waals surface area contributed by atoms with Crippen LogP contribution in [0.5, 0.6) is 5.75 Å². The highest BCUT2D eigenvalue weighted by Crippen LogP contribution is 2.38. The van der Waals surface area contributed by atoms with Crippen molar-refractivity contribution in [1.29, 1.82) is 0 Å². The van der Waals surface area contributed by atoms with E-state index in [2.05, 4.69) is 15.3 Å². The molecule has 0 saturated carbocycles. The van der Waals surface area contributed by atoms with Crippen LogP contribution in [0, 0.1) is 5.82 Å². The number of cyclic esters (lactones) is 1. The van der Waals surface area contributed by atoms with E-state index in [0.717, 1.165) is 47.5 Å². The van der Waals surface area contributed by atoms with Crippen LogP contribution < -0.4 is 21.3 Å². The highest BCUT2D eigenvalue weighted by Gasteiger charge is 2.34. The number of unbranched alkanes of at least 4 members (excludes halogenated alkanes) is 3. The maximum Gasteiger partial charge on any atom is 0.346 e. The molecule has 6 rings (SSSR count). The van der Waals surface area contributed by atoms with Crippen LogP contribution in [0.3, 0.4) is 0 Å². The number of benzene rings is 1. The number of aliphatic hydroxyl groups is 1. The smallest absolute Gasteiger partial charge is 0.346 e. The van der Waals surface area contributed by atoms with Crippen molar-refractivity contribution in [3.05, 3.63) is 79.4 Å². The standard InChI is InChI=1S/C31H30FN5O7.C2H6/c1-2-17-18-11-16(43-10-6-4-3-5-7-25(38)35-28-22(32)13-33-31(42)36-28)8-9-23(18)34-26-20(17)14-37-24(26)12-19-21(29(37)40)15-44-30(41)27(19)39;1-2/h8-9,11-13,27,39H,2-7,10,14-15H2,1H3,(H2,33,35,36,38,42);1-2H3. The quantitative estimate of drug-likeness (QED) is 0.150. The van der Waals surface area contributed by atoms with Gasteiger partial charge in [0.05, 0.1) is 41.8 Å². The molecule has 3 N–H and O–H groups in total. The van der Waals surface area contributed by atoms with Gasteiger partial charge in [0.15, 0.2) is 17.7 Å². The summed E-state index contributed by atoms with van der Waals surface area (Å²) in [6, 6.07) is 7.37. The number of aromatic nitrogens is 4. The first kappa shape index (κ1) is 32.5. The number of halogens is 1. The summed E-state index contributed by atoms with van der Waals surface area (Å²) in [5.74, 6) is -1.54. The Hall–Kier alpha value is -4.91. The van der Waals surface area contributed by atoms with Crippen LogP contribution in [0.1, 0.15) is 81.2 Å². The Labute approximate surface area is 263 Å². The summed E-state index contributed by atoms with van der Waals surface area (Å²) in [7, 11) is 0. The Morgan fingerprint density at radius 1 is 1.15 bits per heavy atom. The molecule has 46 heavy (non-hydrogen) atoms. The zero-order valence-corrected chi connectivity index (χ0v) is 25.9. The minimum atomic E-state index is -1.50. The number of ether oxygens (including phenoxy) is 2. The molecular weight excluding hydrogens is 597 g/mol. The summed E-state index contributed by atoms with van der Waals surface area (Å²) < 4.78 is 26.3. The van der Waals surface area contributed by atoms with E-state index in [0.29, 0.717) is 43.1 Å². The molecule has 13 heteroatoms. The van der Waals surface area contributed by atoms with E-state index in [9.17, 15) is 28.7 Å². The molecular formula is C33H36FN5O7. The summed E-state index contributed by atoms with van der Waals surface area (Å²) in [5, 5.41) is 13.6. The molecule has 1 aromatic carbocycles. The van der Waals surface area contributed by atoms with E-state index in [1.54, 1.807) is 10.6 Å². The zero-order valence-electron chi connectivity index (χ0n) is 25.9. The average Bonchev–Trinajstić information content (AvgIpc) is 3.42. The van der Waals surface area contributed by atoms with Crippen molar-refractivity contribution in [2.75, 3.05) is 11.9 Å². The number of nitrogens with zero attached hydrogens (tertiary/aromatic N) is 3. The van der Waals surface area contributed by atoms with Gasteiger partial charge < -0.3 is 24.5 Å². The Kier molecular flexibility index (Phi) is 9.90. The normalized spacial score (nSPS) is 14.5. The van der Waals surface area contributed by atoms with Crippen molar-refractivity contribution in [2.24, 2.45) is 0 Å². The predicted molar refractivity (Wildman–Crippen MR) is 168 cm³/mol. The van der Waals surface area contributed by atoms with Crippen molar-refractivity contribution in [3.8, 4) is 17.1 Å². The fourth-order valence-electron chi connectivity index (χ4n) is 5.78. The van der Waals surface area contributed by atoms with Crippen LogP contribution >= 0.6 is 0 Å². The topological polar surface area (TPSA) is 165 Å². The van der Waals surface area contributed by atoms with E-state index in [1.165, 1.54) is 0 Å². The largest absolute Gasteiger partial charge is 0.494 e. The van der Waals surface area contributed by atoms with Gasteiger partial charge in [0, 0.05) is 22.9 Å². The van der Waals surface area contributed by atoms with Gasteiger partial charge in [-0.3, -0.25) is 14.6 Å². The van der Waals surface area contributed by atoms with Crippen LogP contribution in [0.15, 0.2) is 40.1 Å². The molecule has 2 aliphatic heterocycles. The number of hydrogen-bond acceptors (Lipinski definition) is 9. The Balaban J connectivity index is 0.00000204. The summed E-state index contributed by atoms with van der Waals surface area (Å²) >= 11 is 0. The highest BCUT2D eigenvalue weighted by atomic mass is 19.1. The molecule has 1 atom stereocenters. The number of fused-ring (bicyclic) bond motifs is 5. The maximum atomic E-state index is 13.6. The third kappa shape index (κ3) is 6.41. The number of esters is 1. The SMILES string of the molecule is CC.CCc1c2c(nc3ccc(OCCCCCCC(=O)Nc4[nH]c(=O)ncc4F)cc13)-c1cc3c(c(=O)n1C2)COC(=O)C3O. The number of aryl methyl sites for hydroxylation is 1. The molecule has 5 heterocycles. The average molecular weight is 634 g/mol. The number of carbonyl (C=O) groups excluding carboxylic acids is 2. The van der Waals surface area contributed by atoms with Gasteiger partial charge in [0.1, 0.15) is 12.4 Å². The van der Waals surface area contributed by atoms with Gasteiger partial charge in [-0.1, -0.05) is 33.6 Å². The van der Waals surface area contributed by atoms with Crippen LogP contribution in [-0.2, 0) is 33.9 Å². The number of anilines is 1. The number of carbonyl (C=O) groups is 2. The van der Waals surface area contributed by atoms with E-state index in [1.807, 2.05) is 39.0 Å². The lowest BCUT2D eigenvalue weighted by Crippen LogP contribution is -2.32. The van der Waals surface area contributed by atoms with Crippen molar-refractivity contribution < 1.29 is 28.6 Å². The number of H-pyrrole nitrogens is 1. The lowest BCUT2D eigenvalue weighted by molar-refractivity contribution is -0.157. The molecule has 0 bridgehead atoms. The predicted octanol–water partition coefficient (Wildman–Crippen LogP) is 4.29. The second-order valence-corrected chi connectivity index (χ2v) is 10.8. The lowest BCUT2D eigenvalue weighted by Gasteiger charge is -2.21. The molecule has 3 aromatic heterocycles. The fraction of sp³-hybridized carbons (Fsp3) is 0.394. The molecule has 12 nitrogen and oxygen atoms in total. The first-order chi connectivity index (χ1) is 22.2. The summed E-state index contributed by atoms with van der Waals surface area (Å²) in [6.07, 6.45) is 3.15. The lowest BCUT2D eigenvalue weighted by atomic mass is 9.97. The number of pyridine rings is 2. The molecule has 4 aromatic rings. The van der Waals surface area contributed by atoms with E-state index >= 15 is 0 Å². The Morgan fingerprint density at radius 3 is 2.72 bits per heavy atom. The van der Waals surface area contributed by atoms with Crippen molar-refractivity contribution >= 4 is 28.6 Å². The van der Waals surface area contributed by atoms with E-state index < -0.39 is 23.6 Å².